The molecule has 0 unspecified atom stereocenters. The molecule has 0 saturated carbocycles. The van der Waals surface area contributed by atoms with Gasteiger partial charge in [-0.05, 0) is 18.1 Å². The van der Waals surface area contributed by atoms with Crippen molar-refractivity contribution in [3.63, 3.8) is 0 Å². The predicted octanol–water partition coefficient (Wildman–Crippen LogP) is 1.72. The zero-order valence-electron chi connectivity index (χ0n) is 17.1. The second kappa shape index (κ2) is 10.1. The van der Waals surface area contributed by atoms with E-state index in [2.05, 4.69) is 10.6 Å². The van der Waals surface area contributed by atoms with Crippen LogP contribution in [0.4, 0.5) is 8.78 Å². The van der Waals surface area contributed by atoms with E-state index in [4.69, 9.17) is 0 Å². The average molecular weight is 404 g/mol. The molecule has 0 fully saturated rings. The molecule has 2 aromatic carbocycles. The SMILES string of the molecule is CC(C)[C@H](NC(=O)c1c(F)cccc1F)C(=O)NC[C@H](c1ccccc1)[NH+](C)C. The molecule has 0 saturated heterocycles. The summed E-state index contributed by atoms with van der Waals surface area (Å²) < 4.78 is 27.8. The van der Waals surface area contributed by atoms with Gasteiger partial charge < -0.3 is 15.5 Å². The van der Waals surface area contributed by atoms with Crippen molar-refractivity contribution in [3.05, 3.63) is 71.3 Å². The van der Waals surface area contributed by atoms with Crippen LogP contribution in [0, 0.1) is 17.6 Å². The summed E-state index contributed by atoms with van der Waals surface area (Å²) in [4.78, 5) is 26.3. The van der Waals surface area contributed by atoms with Crippen LogP contribution in [0.1, 0.15) is 35.8 Å². The van der Waals surface area contributed by atoms with Gasteiger partial charge in [0.1, 0.15) is 29.3 Å². The summed E-state index contributed by atoms with van der Waals surface area (Å²) in [5, 5.41) is 5.34. The third kappa shape index (κ3) is 5.84. The summed E-state index contributed by atoms with van der Waals surface area (Å²) in [5.41, 5.74) is 0.386. The molecule has 0 aliphatic heterocycles. The van der Waals surface area contributed by atoms with E-state index < -0.39 is 35.1 Å². The summed E-state index contributed by atoms with van der Waals surface area (Å²) in [6, 6.07) is 12.1. The largest absolute Gasteiger partial charge is 0.348 e. The number of hydrogen-bond donors (Lipinski definition) is 3. The fourth-order valence-corrected chi connectivity index (χ4v) is 3.12. The third-order valence-corrected chi connectivity index (χ3v) is 4.80. The molecule has 0 aromatic heterocycles. The summed E-state index contributed by atoms with van der Waals surface area (Å²) >= 11 is 0. The minimum Gasteiger partial charge on any atom is -0.348 e. The lowest BCUT2D eigenvalue weighted by atomic mass is 10.0. The average Bonchev–Trinajstić information content (AvgIpc) is 2.66. The van der Waals surface area contributed by atoms with Crippen molar-refractivity contribution in [3.8, 4) is 0 Å². The Kier molecular flexibility index (Phi) is 7.84. The van der Waals surface area contributed by atoms with Crippen LogP contribution in [0.15, 0.2) is 48.5 Å². The highest BCUT2D eigenvalue weighted by atomic mass is 19.1. The van der Waals surface area contributed by atoms with Crippen molar-refractivity contribution in [2.75, 3.05) is 20.6 Å². The minimum absolute atomic E-state index is 0.0210. The van der Waals surface area contributed by atoms with Crippen LogP contribution in [-0.2, 0) is 4.79 Å². The van der Waals surface area contributed by atoms with Crippen LogP contribution in [0.2, 0.25) is 0 Å². The van der Waals surface area contributed by atoms with E-state index in [1.165, 1.54) is 6.07 Å². The van der Waals surface area contributed by atoms with Crippen LogP contribution in [0.25, 0.3) is 0 Å². The van der Waals surface area contributed by atoms with Gasteiger partial charge in [-0.3, -0.25) is 9.59 Å². The Morgan fingerprint density at radius 3 is 2.07 bits per heavy atom. The summed E-state index contributed by atoms with van der Waals surface area (Å²) in [7, 11) is 3.99. The standard InChI is InChI=1S/C22H27F2N3O2/c1-14(2)20(26-21(28)19-16(23)11-8-12-17(19)24)22(29)25-13-18(27(3)4)15-9-6-5-7-10-15/h5-12,14,18,20H,13H2,1-4H3,(H,25,29)(H,26,28)/p+1/t18-,20+/m1/s1. The van der Waals surface area contributed by atoms with Gasteiger partial charge in [-0.15, -0.1) is 0 Å². The number of likely N-dealkylation sites (N-methyl/N-ethyl adjacent to an activating group) is 1. The number of amides is 2. The minimum atomic E-state index is -0.967. The number of rotatable bonds is 8. The molecule has 156 valence electrons. The van der Waals surface area contributed by atoms with Crippen LogP contribution in [-0.4, -0.2) is 38.5 Å². The van der Waals surface area contributed by atoms with Gasteiger partial charge in [0.2, 0.25) is 5.91 Å². The quantitative estimate of drug-likeness (QED) is 0.628. The van der Waals surface area contributed by atoms with Crippen molar-refractivity contribution >= 4 is 11.8 Å². The number of hydrogen-bond acceptors (Lipinski definition) is 2. The maximum absolute atomic E-state index is 13.9. The van der Waals surface area contributed by atoms with Gasteiger partial charge in [-0.2, -0.15) is 0 Å². The Morgan fingerprint density at radius 2 is 1.55 bits per heavy atom. The Bertz CT molecular complexity index is 821. The molecule has 0 radical (unpaired) electrons. The lowest BCUT2D eigenvalue weighted by Gasteiger charge is -2.25. The van der Waals surface area contributed by atoms with Gasteiger partial charge in [-0.25, -0.2) is 8.78 Å². The van der Waals surface area contributed by atoms with Crippen molar-refractivity contribution < 1.29 is 23.3 Å². The Balaban J connectivity index is 2.10. The number of quaternary nitrogens is 1. The molecule has 0 spiro atoms. The van der Waals surface area contributed by atoms with Crippen LogP contribution in [0.5, 0.6) is 0 Å². The van der Waals surface area contributed by atoms with Crippen molar-refractivity contribution in [1.29, 1.82) is 0 Å². The monoisotopic (exact) mass is 404 g/mol. The van der Waals surface area contributed by atoms with Gasteiger partial charge in [-0.1, -0.05) is 50.2 Å². The van der Waals surface area contributed by atoms with Crippen LogP contribution in [0.3, 0.4) is 0 Å². The van der Waals surface area contributed by atoms with Crippen LogP contribution >= 0.6 is 0 Å². The van der Waals surface area contributed by atoms with Crippen LogP contribution < -0.4 is 15.5 Å². The molecule has 0 bridgehead atoms. The topological polar surface area (TPSA) is 62.6 Å². The molecule has 3 N–H and O–H groups in total. The highest BCUT2D eigenvalue weighted by Gasteiger charge is 2.28. The first-order valence-corrected chi connectivity index (χ1v) is 9.60. The van der Waals surface area contributed by atoms with E-state index in [0.717, 1.165) is 22.6 Å². The molecular formula is C22H28F2N3O2+. The Labute approximate surface area is 170 Å². The second-order valence-corrected chi connectivity index (χ2v) is 7.58. The van der Waals surface area contributed by atoms with Gasteiger partial charge in [0.25, 0.3) is 5.91 Å². The number of nitrogens with one attached hydrogen (secondary N) is 3. The maximum atomic E-state index is 13.9. The normalized spacial score (nSPS) is 13.2. The van der Waals surface area contributed by atoms with E-state index in [9.17, 15) is 18.4 Å². The van der Waals surface area contributed by atoms with Gasteiger partial charge in [0, 0.05) is 5.56 Å². The first-order valence-electron chi connectivity index (χ1n) is 9.60. The molecule has 0 aliphatic rings. The van der Waals surface area contributed by atoms with E-state index in [1.54, 1.807) is 13.8 Å². The van der Waals surface area contributed by atoms with E-state index in [-0.39, 0.29) is 12.0 Å². The van der Waals surface area contributed by atoms with Gasteiger partial charge in [0.15, 0.2) is 0 Å². The fraction of sp³-hybridized carbons (Fsp3) is 0.364. The maximum Gasteiger partial charge on any atom is 0.257 e. The Morgan fingerprint density at radius 1 is 0.966 bits per heavy atom. The predicted molar refractivity (Wildman–Crippen MR) is 107 cm³/mol. The van der Waals surface area contributed by atoms with Crippen molar-refractivity contribution in [2.24, 2.45) is 5.92 Å². The lowest BCUT2D eigenvalue weighted by Crippen LogP contribution is -3.07. The van der Waals surface area contributed by atoms with Gasteiger partial charge in [0.05, 0.1) is 20.6 Å². The molecule has 5 nitrogen and oxygen atoms in total. The molecule has 0 heterocycles. The summed E-state index contributed by atoms with van der Waals surface area (Å²) in [5.74, 6) is -3.55. The molecule has 29 heavy (non-hydrogen) atoms. The zero-order valence-corrected chi connectivity index (χ0v) is 17.1. The highest BCUT2D eigenvalue weighted by molar-refractivity contribution is 5.98. The number of carbonyl (C=O) groups is 2. The first-order chi connectivity index (χ1) is 13.7. The number of carbonyl (C=O) groups excluding carboxylic acids is 2. The molecule has 2 rings (SSSR count). The summed E-state index contributed by atoms with van der Waals surface area (Å²) in [6.07, 6.45) is 0. The van der Waals surface area contributed by atoms with E-state index in [1.807, 2.05) is 44.4 Å². The van der Waals surface area contributed by atoms with Crippen molar-refractivity contribution in [2.45, 2.75) is 25.9 Å². The molecular weight excluding hydrogens is 376 g/mol. The molecule has 7 heteroatoms. The lowest BCUT2D eigenvalue weighted by molar-refractivity contribution is -0.890. The zero-order chi connectivity index (χ0) is 21.6. The molecule has 2 amide bonds. The smallest absolute Gasteiger partial charge is 0.257 e. The molecule has 2 aromatic rings. The third-order valence-electron chi connectivity index (χ3n) is 4.80. The number of halogens is 2. The highest BCUT2D eigenvalue weighted by Crippen LogP contribution is 2.14. The van der Waals surface area contributed by atoms with E-state index in [0.29, 0.717) is 6.54 Å². The summed E-state index contributed by atoms with van der Waals surface area (Å²) in [6.45, 7) is 3.88. The molecule has 0 aliphatic carbocycles. The van der Waals surface area contributed by atoms with Gasteiger partial charge >= 0.3 is 0 Å². The second-order valence-electron chi connectivity index (χ2n) is 7.58. The van der Waals surface area contributed by atoms with E-state index >= 15 is 0 Å². The first kappa shape index (κ1) is 22.5. The Hall–Kier alpha value is -2.80. The fourth-order valence-electron chi connectivity index (χ4n) is 3.12. The van der Waals surface area contributed by atoms with Crippen molar-refractivity contribution in [1.82, 2.24) is 10.6 Å². The molecule has 2 atom stereocenters. The number of benzene rings is 2.